The molecule has 82 valence electrons. The molecule has 1 aromatic rings. The van der Waals surface area contributed by atoms with Crippen LogP contribution in [0.25, 0.3) is 0 Å². The number of nitrogens with zero attached hydrogens (tertiary/aromatic N) is 1. The maximum atomic E-state index is 13.4. The molecule has 3 heteroatoms. The Hall–Kier alpha value is -0.930. The predicted octanol–water partition coefficient (Wildman–Crippen LogP) is 1.75. The summed E-state index contributed by atoms with van der Waals surface area (Å²) in [6.07, 6.45) is 1.01. The topological polar surface area (TPSA) is 29.3 Å². The largest absolute Gasteiger partial charge is 0.326 e. The van der Waals surface area contributed by atoms with Gasteiger partial charge in [-0.15, -0.1) is 0 Å². The summed E-state index contributed by atoms with van der Waals surface area (Å²) in [5.41, 5.74) is 6.69. The Kier molecular flexibility index (Phi) is 3.03. The molecule has 0 aliphatic carbocycles. The maximum absolute atomic E-state index is 13.4. The minimum Gasteiger partial charge on any atom is -0.326 e. The number of likely N-dealkylation sites (tertiary alicyclic amines) is 1. The van der Waals surface area contributed by atoms with Crippen molar-refractivity contribution in [3.05, 3.63) is 35.6 Å². The molecule has 2 N–H and O–H groups in total. The zero-order valence-corrected chi connectivity index (χ0v) is 8.99. The highest BCUT2D eigenvalue weighted by atomic mass is 19.1. The van der Waals surface area contributed by atoms with Gasteiger partial charge in [0.1, 0.15) is 5.82 Å². The molecular weight excluding hydrogens is 191 g/mol. The van der Waals surface area contributed by atoms with Crippen molar-refractivity contribution in [1.29, 1.82) is 0 Å². The highest BCUT2D eigenvalue weighted by Crippen LogP contribution is 2.19. The third-order valence-corrected chi connectivity index (χ3v) is 3.28. The predicted molar refractivity (Wildman–Crippen MR) is 58.9 cm³/mol. The Bertz CT molecular complexity index is 340. The van der Waals surface area contributed by atoms with Crippen molar-refractivity contribution in [3.63, 3.8) is 0 Å². The van der Waals surface area contributed by atoms with Gasteiger partial charge in [-0.1, -0.05) is 18.2 Å². The van der Waals surface area contributed by atoms with Crippen LogP contribution in [-0.4, -0.2) is 23.5 Å². The number of benzene rings is 1. The number of nitrogens with two attached hydrogens (primary N) is 1. The van der Waals surface area contributed by atoms with Crippen molar-refractivity contribution in [3.8, 4) is 0 Å². The van der Waals surface area contributed by atoms with Gasteiger partial charge >= 0.3 is 0 Å². The van der Waals surface area contributed by atoms with E-state index in [0.717, 1.165) is 18.5 Å². The Morgan fingerprint density at radius 3 is 2.80 bits per heavy atom. The third-order valence-electron chi connectivity index (χ3n) is 3.28. The summed E-state index contributed by atoms with van der Waals surface area (Å²) in [4.78, 5) is 2.24. The van der Waals surface area contributed by atoms with Crippen LogP contribution in [0.15, 0.2) is 24.3 Å². The number of halogens is 1. The van der Waals surface area contributed by atoms with Gasteiger partial charge in [0.05, 0.1) is 0 Å². The van der Waals surface area contributed by atoms with Crippen molar-refractivity contribution in [2.24, 2.45) is 5.73 Å². The Balaban J connectivity index is 2.07. The molecule has 1 saturated heterocycles. The Morgan fingerprint density at radius 2 is 2.20 bits per heavy atom. The van der Waals surface area contributed by atoms with Crippen LogP contribution in [0.2, 0.25) is 0 Å². The first-order valence-electron chi connectivity index (χ1n) is 5.41. The molecule has 2 rings (SSSR count). The van der Waals surface area contributed by atoms with Gasteiger partial charge in [-0.05, 0) is 19.4 Å². The van der Waals surface area contributed by atoms with Gasteiger partial charge in [-0.25, -0.2) is 4.39 Å². The second-order valence-electron chi connectivity index (χ2n) is 4.26. The lowest BCUT2D eigenvalue weighted by molar-refractivity contribution is 0.248. The molecule has 1 aliphatic heterocycles. The molecule has 0 bridgehead atoms. The van der Waals surface area contributed by atoms with Crippen molar-refractivity contribution in [2.75, 3.05) is 6.54 Å². The molecule has 0 spiro atoms. The van der Waals surface area contributed by atoms with Crippen LogP contribution >= 0.6 is 0 Å². The van der Waals surface area contributed by atoms with E-state index in [-0.39, 0.29) is 11.9 Å². The maximum Gasteiger partial charge on any atom is 0.127 e. The van der Waals surface area contributed by atoms with E-state index in [1.807, 2.05) is 12.1 Å². The molecule has 2 unspecified atom stereocenters. The van der Waals surface area contributed by atoms with Gasteiger partial charge in [0.2, 0.25) is 0 Å². The van der Waals surface area contributed by atoms with Crippen LogP contribution in [0.5, 0.6) is 0 Å². The standard InChI is InChI=1S/C12H17FN2/c1-9-12(14)6-7-15(9)8-10-4-2-3-5-11(10)13/h2-5,9,12H,6-8,14H2,1H3. The van der Waals surface area contributed by atoms with E-state index in [9.17, 15) is 4.39 Å². The Morgan fingerprint density at radius 1 is 1.47 bits per heavy atom. The van der Waals surface area contributed by atoms with E-state index < -0.39 is 0 Å². The van der Waals surface area contributed by atoms with Crippen LogP contribution in [0, 0.1) is 5.82 Å². The molecule has 0 radical (unpaired) electrons. The zero-order valence-electron chi connectivity index (χ0n) is 8.99. The first-order valence-corrected chi connectivity index (χ1v) is 5.41. The second kappa shape index (κ2) is 4.29. The third kappa shape index (κ3) is 2.19. The van der Waals surface area contributed by atoms with Crippen LogP contribution in [-0.2, 0) is 6.54 Å². The van der Waals surface area contributed by atoms with E-state index in [4.69, 9.17) is 5.73 Å². The van der Waals surface area contributed by atoms with E-state index >= 15 is 0 Å². The molecule has 15 heavy (non-hydrogen) atoms. The SMILES string of the molecule is CC1C(N)CCN1Cc1ccccc1F. The number of rotatable bonds is 2. The second-order valence-corrected chi connectivity index (χ2v) is 4.26. The van der Waals surface area contributed by atoms with Crippen molar-refractivity contribution in [2.45, 2.75) is 32.0 Å². The minimum atomic E-state index is -0.120. The summed E-state index contributed by atoms with van der Waals surface area (Å²) in [5.74, 6) is -0.120. The fraction of sp³-hybridized carbons (Fsp3) is 0.500. The van der Waals surface area contributed by atoms with Crippen molar-refractivity contribution < 1.29 is 4.39 Å². The summed E-state index contributed by atoms with van der Waals surface area (Å²) in [6.45, 7) is 3.75. The van der Waals surface area contributed by atoms with Crippen LogP contribution in [0.4, 0.5) is 4.39 Å². The fourth-order valence-electron chi connectivity index (χ4n) is 2.10. The molecule has 2 nitrogen and oxygen atoms in total. The average molecular weight is 208 g/mol. The van der Waals surface area contributed by atoms with Gasteiger partial charge in [0, 0.05) is 30.7 Å². The van der Waals surface area contributed by atoms with Gasteiger partial charge in [-0.3, -0.25) is 4.90 Å². The molecule has 2 atom stereocenters. The van der Waals surface area contributed by atoms with Gasteiger partial charge in [-0.2, -0.15) is 0 Å². The molecule has 0 amide bonds. The molecule has 1 aliphatic rings. The first kappa shape index (κ1) is 10.6. The molecule has 1 fully saturated rings. The molecule has 0 aromatic heterocycles. The normalized spacial score (nSPS) is 27.1. The van der Waals surface area contributed by atoms with Crippen LogP contribution in [0.1, 0.15) is 18.9 Å². The van der Waals surface area contributed by atoms with Crippen molar-refractivity contribution in [1.82, 2.24) is 4.90 Å². The lowest BCUT2D eigenvalue weighted by atomic mass is 10.1. The highest BCUT2D eigenvalue weighted by molar-refractivity contribution is 5.17. The van der Waals surface area contributed by atoms with Crippen LogP contribution in [0.3, 0.4) is 0 Å². The van der Waals surface area contributed by atoms with E-state index in [1.54, 1.807) is 6.07 Å². The van der Waals surface area contributed by atoms with Crippen LogP contribution < -0.4 is 5.73 Å². The monoisotopic (exact) mass is 208 g/mol. The number of hydrogen-bond acceptors (Lipinski definition) is 2. The van der Waals surface area contributed by atoms with Gasteiger partial charge < -0.3 is 5.73 Å². The summed E-state index contributed by atoms with van der Waals surface area (Å²) in [5, 5.41) is 0. The average Bonchev–Trinajstić information content (AvgIpc) is 2.53. The van der Waals surface area contributed by atoms with E-state index in [1.165, 1.54) is 6.07 Å². The lowest BCUT2D eigenvalue weighted by Crippen LogP contribution is -2.36. The fourth-order valence-corrected chi connectivity index (χ4v) is 2.10. The molecular formula is C12H17FN2. The minimum absolute atomic E-state index is 0.120. The molecule has 1 heterocycles. The van der Waals surface area contributed by atoms with Gasteiger partial charge in [0.25, 0.3) is 0 Å². The quantitative estimate of drug-likeness (QED) is 0.802. The first-order chi connectivity index (χ1) is 7.18. The van der Waals surface area contributed by atoms with E-state index in [2.05, 4.69) is 11.8 Å². The summed E-state index contributed by atoms with van der Waals surface area (Å²) in [7, 11) is 0. The van der Waals surface area contributed by atoms with E-state index in [0.29, 0.717) is 12.6 Å². The smallest absolute Gasteiger partial charge is 0.127 e. The summed E-state index contributed by atoms with van der Waals surface area (Å²) < 4.78 is 13.4. The van der Waals surface area contributed by atoms with Gasteiger partial charge in [0.15, 0.2) is 0 Å². The molecule has 1 aromatic carbocycles. The number of hydrogen-bond donors (Lipinski definition) is 1. The Labute approximate surface area is 89.9 Å². The lowest BCUT2D eigenvalue weighted by Gasteiger charge is -2.23. The summed E-state index contributed by atoms with van der Waals surface area (Å²) >= 11 is 0. The summed E-state index contributed by atoms with van der Waals surface area (Å²) in [6, 6.07) is 7.53. The zero-order chi connectivity index (χ0) is 10.8. The highest BCUT2D eigenvalue weighted by Gasteiger charge is 2.27. The molecule has 0 saturated carbocycles. The van der Waals surface area contributed by atoms with Crippen molar-refractivity contribution >= 4 is 0 Å².